The zero-order valence-corrected chi connectivity index (χ0v) is 11.8. The Balaban J connectivity index is 1.83. The van der Waals surface area contributed by atoms with Crippen LogP contribution < -0.4 is 10.6 Å². The van der Waals surface area contributed by atoms with Gasteiger partial charge in [0, 0.05) is 12.3 Å². The van der Waals surface area contributed by atoms with E-state index in [2.05, 4.69) is 20.8 Å². The van der Waals surface area contributed by atoms with Gasteiger partial charge >= 0.3 is 0 Å². The molecule has 0 radical (unpaired) electrons. The minimum absolute atomic E-state index is 0.150. The lowest BCUT2D eigenvalue weighted by molar-refractivity contribution is -0.122. The smallest absolute Gasteiger partial charge is 0.274 e. The summed E-state index contributed by atoms with van der Waals surface area (Å²) < 4.78 is 4.81. The largest absolute Gasteiger partial charge is 0.361 e. The molecule has 0 fully saturated rings. The van der Waals surface area contributed by atoms with Crippen LogP contribution in [0.2, 0.25) is 0 Å². The number of nitrogens with one attached hydrogen (secondary N) is 2. The van der Waals surface area contributed by atoms with Gasteiger partial charge in [-0.2, -0.15) is 0 Å². The fourth-order valence-electron chi connectivity index (χ4n) is 1.64. The molecule has 0 bridgehead atoms. The van der Waals surface area contributed by atoms with Gasteiger partial charge < -0.3 is 15.2 Å². The third kappa shape index (κ3) is 4.13. The van der Waals surface area contributed by atoms with Crippen molar-refractivity contribution in [2.75, 3.05) is 0 Å². The molecule has 0 aliphatic carbocycles. The van der Waals surface area contributed by atoms with Gasteiger partial charge in [0.1, 0.15) is 11.8 Å². The maximum atomic E-state index is 11.9. The maximum Gasteiger partial charge on any atom is 0.274 e. The average molecular weight is 288 g/mol. The van der Waals surface area contributed by atoms with Crippen molar-refractivity contribution in [3.63, 3.8) is 0 Å². The number of nitrogens with zero attached hydrogens (tertiary/aromatic N) is 2. The first kappa shape index (κ1) is 14.7. The van der Waals surface area contributed by atoms with E-state index in [1.165, 1.54) is 6.07 Å². The molecule has 2 heterocycles. The third-order valence-electron chi connectivity index (χ3n) is 2.77. The predicted octanol–water partition coefficient (Wildman–Crippen LogP) is 0.813. The first-order valence-corrected chi connectivity index (χ1v) is 6.48. The van der Waals surface area contributed by atoms with E-state index in [0.717, 1.165) is 5.69 Å². The lowest BCUT2D eigenvalue weighted by atomic mass is 10.2. The molecule has 2 N–H and O–H groups in total. The molecule has 0 saturated heterocycles. The first-order valence-electron chi connectivity index (χ1n) is 6.48. The second-order valence-electron chi connectivity index (χ2n) is 4.56. The highest BCUT2D eigenvalue weighted by atomic mass is 16.5. The van der Waals surface area contributed by atoms with Gasteiger partial charge in [0.25, 0.3) is 5.91 Å². The SMILES string of the molecule is Cc1cc(C(=O)NC(C)C(=O)NCc2ccccn2)no1. The molecule has 1 atom stereocenters. The monoisotopic (exact) mass is 288 g/mol. The van der Waals surface area contributed by atoms with Crippen LogP contribution in [0.1, 0.15) is 28.9 Å². The number of pyridine rings is 1. The summed E-state index contributed by atoms with van der Waals surface area (Å²) in [5.74, 6) is -0.214. The summed E-state index contributed by atoms with van der Waals surface area (Å²) in [4.78, 5) is 27.8. The lowest BCUT2D eigenvalue weighted by Crippen LogP contribution is -2.44. The van der Waals surface area contributed by atoms with Crippen LogP contribution in [0.25, 0.3) is 0 Å². The normalized spacial score (nSPS) is 11.7. The van der Waals surface area contributed by atoms with E-state index in [0.29, 0.717) is 12.3 Å². The first-order chi connectivity index (χ1) is 10.1. The molecule has 2 rings (SSSR count). The highest BCUT2D eigenvalue weighted by Crippen LogP contribution is 2.01. The number of aryl methyl sites for hydroxylation is 1. The summed E-state index contributed by atoms with van der Waals surface area (Å²) in [6.45, 7) is 3.59. The molecule has 2 aromatic rings. The van der Waals surface area contributed by atoms with Crippen LogP contribution in [-0.4, -0.2) is 28.0 Å². The molecule has 2 amide bonds. The van der Waals surface area contributed by atoms with E-state index in [-0.39, 0.29) is 11.6 Å². The molecule has 110 valence electrons. The fraction of sp³-hybridized carbons (Fsp3) is 0.286. The van der Waals surface area contributed by atoms with E-state index < -0.39 is 11.9 Å². The Hall–Kier alpha value is -2.70. The quantitative estimate of drug-likeness (QED) is 0.848. The van der Waals surface area contributed by atoms with E-state index in [1.54, 1.807) is 26.1 Å². The van der Waals surface area contributed by atoms with Gasteiger partial charge in [0.2, 0.25) is 5.91 Å². The second kappa shape index (κ2) is 6.65. The van der Waals surface area contributed by atoms with Crippen molar-refractivity contribution in [2.24, 2.45) is 0 Å². The summed E-state index contributed by atoms with van der Waals surface area (Å²) in [5, 5.41) is 8.85. The van der Waals surface area contributed by atoms with E-state index in [1.807, 2.05) is 12.1 Å². The highest BCUT2D eigenvalue weighted by Gasteiger charge is 2.18. The Labute approximate surface area is 121 Å². The second-order valence-corrected chi connectivity index (χ2v) is 4.56. The minimum atomic E-state index is -0.682. The van der Waals surface area contributed by atoms with Crippen LogP contribution in [0.4, 0.5) is 0 Å². The van der Waals surface area contributed by atoms with Crippen molar-refractivity contribution in [3.05, 3.63) is 47.6 Å². The number of carbonyl (C=O) groups excluding carboxylic acids is 2. The van der Waals surface area contributed by atoms with E-state index in [4.69, 9.17) is 4.52 Å². The van der Waals surface area contributed by atoms with Gasteiger partial charge in [-0.3, -0.25) is 14.6 Å². The summed E-state index contributed by atoms with van der Waals surface area (Å²) >= 11 is 0. The fourth-order valence-corrected chi connectivity index (χ4v) is 1.64. The summed E-state index contributed by atoms with van der Waals surface area (Å²) in [5.41, 5.74) is 0.897. The molecule has 7 heteroatoms. The molecule has 0 aromatic carbocycles. The molecule has 1 unspecified atom stereocenters. The Morgan fingerprint density at radius 3 is 2.81 bits per heavy atom. The number of hydrogen-bond donors (Lipinski definition) is 2. The van der Waals surface area contributed by atoms with Crippen LogP contribution in [0.5, 0.6) is 0 Å². The molecule has 0 aliphatic heterocycles. The van der Waals surface area contributed by atoms with Crippen molar-refractivity contribution >= 4 is 11.8 Å². The Kier molecular flexibility index (Phi) is 4.65. The van der Waals surface area contributed by atoms with Crippen molar-refractivity contribution in [1.29, 1.82) is 0 Å². The number of hydrogen-bond acceptors (Lipinski definition) is 5. The van der Waals surface area contributed by atoms with Crippen LogP contribution in [0.3, 0.4) is 0 Å². The topological polar surface area (TPSA) is 97.1 Å². The van der Waals surface area contributed by atoms with Crippen molar-refractivity contribution in [3.8, 4) is 0 Å². The van der Waals surface area contributed by atoms with Gasteiger partial charge in [0.15, 0.2) is 5.69 Å². The van der Waals surface area contributed by atoms with Crippen molar-refractivity contribution < 1.29 is 14.1 Å². The molecule has 7 nitrogen and oxygen atoms in total. The van der Waals surface area contributed by atoms with Crippen molar-refractivity contribution in [2.45, 2.75) is 26.4 Å². The number of aromatic nitrogens is 2. The van der Waals surface area contributed by atoms with Crippen LogP contribution in [-0.2, 0) is 11.3 Å². The van der Waals surface area contributed by atoms with Gasteiger partial charge in [-0.25, -0.2) is 0 Å². The number of rotatable bonds is 5. The average Bonchev–Trinajstić information content (AvgIpc) is 2.92. The van der Waals surface area contributed by atoms with Crippen molar-refractivity contribution in [1.82, 2.24) is 20.8 Å². The summed E-state index contributed by atoms with van der Waals surface area (Å²) in [6, 6.07) is 6.27. The predicted molar refractivity (Wildman–Crippen MR) is 74.3 cm³/mol. The molecular weight excluding hydrogens is 272 g/mol. The van der Waals surface area contributed by atoms with Gasteiger partial charge in [-0.15, -0.1) is 0 Å². The number of carbonyl (C=O) groups is 2. The van der Waals surface area contributed by atoms with Crippen LogP contribution in [0.15, 0.2) is 35.0 Å². The highest BCUT2D eigenvalue weighted by molar-refractivity contribution is 5.95. The molecule has 0 saturated carbocycles. The molecular formula is C14H16N4O3. The molecule has 0 spiro atoms. The van der Waals surface area contributed by atoms with Gasteiger partial charge in [-0.1, -0.05) is 11.2 Å². The maximum absolute atomic E-state index is 11.9. The zero-order chi connectivity index (χ0) is 15.2. The third-order valence-corrected chi connectivity index (χ3v) is 2.77. The Morgan fingerprint density at radius 1 is 1.38 bits per heavy atom. The zero-order valence-electron chi connectivity index (χ0n) is 11.8. The molecule has 21 heavy (non-hydrogen) atoms. The van der Waals surface area contributed by atoms with Gasteiger partial charge in [-0.05, 0) is 26.0 Å². The minimum Gasteiger partial charge on any atom is -0.361 e. The Bertz CT molecular complexity index is 624. The summed E-state index contributed by atoms with van der Waals surface area (Å²) in [7, 11) is 0. The lowest BCUT2D eigenvalue weighted by Gasteiger charge is -2.12. The summed E-state index contributed by atoms with van der Waals surface area (Å²) in [6.07, 6.45) is 1.65. The number of amides is 2. The molecule has 2 aromatic heterocycles. The standard InChI is InChI=1S/C14H16N4O3/c1-9-7-12(18-21-9)14(20)17-10(2)13(19)16-8-11-5-3-4-6-15-11/h3-7,10H,8H2,1-2H3,(H,16,19)(H,17,20). The van der Waals surface area contributed by atoms with E-state index >= 15 is 0 Å². The molecule has 0 aliphatic rings. The van der Waals surface area contributed by atoms with Gasteiger partial charge in [0.05, 0.1) is 12.2 Å². The van der Waals surface area contributed by atoms with Crippen LogP contribution in [0, 0.1) is 6.92 Å². The van der Waals surface area contributed by atoms with Crippen LogP contribution >= 0.6 is 0 Å². The Morgan fingerprint density at radius 2 is 2.19 bits per heavy atom. The van der Waals surface area contributed by atoms with E-state index in [9.17, 15) is 9.59 Å².